The summed E-state index contributed by atoms with van der Waals surface area (Å²) in [4.78, 5) is 27.6. The number of amides is 2. The van der Waals surface area contributed by atoms with Crippen LogP contribution in [0.1, 0.15) is 125 Å². The lowest BCUT2D eigenvalue weighted by molar-refractivity contribution is -0.197. The summed E-state index contributed by atoms with van der Waals surface area (Å²) in [5.74, 6) is 2.21. The Morgan fingerprint density at radius 2 is 1.65 bits per heavy atom. The van der Waals surface area contributed by atoms with Crippen LogP contribution in [-0.4, -0.2) is 51.3 Å². The van der Waals surface area contributed by atoms with Crippen molar-refractivity contribution in [2.45, 2.75) is 130 Å². The molecule has 1 aromatic carbocycles. The monoisotopic (exact) mass is 689 g/mol. The number of hydrogen-bond donors (Lipinski definition) is 0. The van der Waals surface area contributed by atoms with Crippen LogP contribution in [0.4, 0.5) is 0 Å². The molecule has 1 aliphatic heterocycles. The van der Waals surface area contributed by atoms with E-state index < -0.39 is 14.6 Å². The zero-order chi connectivity index (χ0) is 34.8. The summed E-state index contributed by atoms with van der Waals surface area (Å²) in [7, 11) is -1.21. The Bertz CT molecular complexity index is 1480. The maximum absolute atomic E-state index is 13.1. The summed E-state index contributed by atoms with van der Waals surface area (Å²) in [6, 6.07) is 9.19. The van der Waals surface area contributed by atoms with Crippen LogP contribution in [0.2, 0.25) is 13.1 Å². The van der Waals surface area contributed by atoms with E-state index in [2.05, 4.69) is 53.8 Å². The maximum atomic E-state index is 13.1. The second kappa shape index (κ2) is 13.1. The Hall–Kier alpha value is -2.26. The van der Waals surface area contributed by atoms with Crippen LogP contribution in [-0.2, 0) is 19.5 Å². The van der Waals surface area contributed by atoms with E-state index in [1.54, 1.807) is 18.4 Å². The Morgan fingerprint density at radius 1 is 0.939 bits per heavy atom. The highest BCUT2D eigenvalue weighted by Gasteiger charge is 2.66. The smallest absolute Gasteiger partial charge is 0.261 e. The first-order chi connectivity index (χ1) is 23.3. The van der Waals surface area contributed by atoms with Gasteiger partial charge in [0.2, 0.25) is 0 Å². The Kier molecular flexibility index (Phi) is 9.37. The number of benzene rings is 1. The summed E-state index contributed by atoms with van der Waals surface area (Å²) < 4.78 is 26.0. The highest BCUT2D eigenvalue weighted by atomic mass is 28.3. The molecule has 0 N–H and O–H groups in total. The van der Waals surface area contributed by atoms with E-state index in [0.717, 1.165) is 44.1 Å². The van der Waals surface area contributed by atoms with Crippen molar-refractivity contribution in [1.29, 1.82) is 0 Å². The van der Waals surface area contributed by atoms with E-state index in [1.807, 2.05) is 18.4 Å². The van der Waals surface area contributed by atoms with E-state index in [9.17, 15) is 9.59 Å². The van der Waals surface area contributed by atoms with Crippen LogP contribution >= 0.6 is 0 Å². The van der Waals surface area contributed by atoms with Gasteiger partial charge in [0.1, 0.15) is 11.9 Å². The van der Waals surface area contributed by atoms with Crippen molar-refractivity contribution in [3.05, 3.63) is 59.5 Å². The zero-order valence-electron chi connectivity index (χ0n) is 31.0. The molecule has 268 valence electrons. The minimum atomic E-state index is -1.21. The number of ether oxygens (including phenoxy) is 2. The summed E-state index contributed by atoms with van der Waals surface area (Å²) in [6.45, 7) is 17.0. The molecule has 9 atom stereocenters. The van der Waals surface area contributed by atoms with Gasteiger partial charge < -0.3 is 18.3 Å². The zero-order valence-corrected chi connectivity index (χ0v) is 32.1. The molecule has 7 rings (SSSR count). The number of carbonyl (C=O) groups is 2. The number of rotatable bonds is 10. The van der Waals surface area contributed by atoms with Crippen molar-refractivity contribution in [3.63, 3.8) is 0 Å². The molecule has 4 fully saturated rings. The molecule has 4 saturated carbocycles. The number of carbonyl (C=O) groups excluding carboxylic acids is 2. The fourth-order valence-electron chi connectivity index (χ4n) is 11.5. The molecule has 7 nitrogen and oxygen atoms in total. The summed E-state index contributed by atoms with van der Waals surface area (Å²) >= 11 is 0. The van der Waals surface area contributed by atoms with Crippen molar-refractivity contribution in [2.24, 2.45) is 39.9 Å². The average molecular weight is 690 g/mol. The highest BCUT2D eigenvalue weighted by Crippen LogP contribution is 2.71. The first-order valence-electron chi connectivity index (χ1n) is 19.2. The van der Waals surface area contributed by atoms with Gasteiger partial charge >= 0.3 is 0 Å². The lowest BCUT2D eigenvalue weighted by Crippen LogP contribution is -2.57. The fourth-order valence-corrected chi connectivity index (χ4v) is 12.3. The van der Waals surface area contributed by atoms with Crippen molar-refractivity contribution in [3.8, 4) is 0 Å². The predicted molar refractivity (Wildman–Crippen MR) is 193 cm³/mol. The van der Waals surface area contributed by atoms with Crippen molar-refractivity contribution in [1.82, 2.24) is 4.90 Å². The molecule has 0 spiro atoms. The molecule has 4 aliphatic carbocycles. The van der Waals surface area contributed by atoms with Crippen LogP contribution < -0.4 is 0 Å². The van der Waals surface area contributed by atoms with Gasteiger partial charge in [-0.1, -0.05) is 46.8 Å². The number of fused-ring (bicyclic) bond motifs is 6. The Labute approximate surface area is 295 Å². The predicted octanol–water partition coefficient (Wildman–Crippen LogP) is 8.98. The lowest BCUT2D eigenvalue weighted by Gasteiger charge is -2.62. The Balaban J connectivity index is 1.05. The first kappa shape index (κ1) is 35.2. The molecule has 0 radical (unpaired) electrons. The number of nitrogens with zero attached hydrogens (tertiary/aromatic N) is 1. The van der Waals surface area contributed by atoms with Crippen LogP contribution in [0.15, 0.2) is 47.3 Å². The molecule has 49 heavy (non-hydrogen) atoms. The second-order valence-corrected chi connectivity index (χ2v) is 20.4. The van der Waals surface area contributed by atoms with Gasteiger partial charge in [-0.15, -0.1) is 0 Å². The third-order valence-corrected chi connectivity index (χ3v) is 14.7. The van der Waals surface area contributed by atoms with Gasteiger partial charge in [-0.2, -0.15) is 0 Å². The van der Waals surface area contributed by atoms with Gasteiger partial charge in [0.15, 0.2) is 9.04 Å². The molecule has 0 saturated heterocycles. The summed E-state index contributed by atoms with van der Waals surface area (Å²) in [5.41, 5.74) is 2.04. The number of furan rings is 1. The molecule has 2 amide bonds. The van der Waals surface area contributed by atoms with Gasteiger partial charge in [0, 0.05) is 17.4 Å². The van der Waals surface area contributed by atoms with Crippen molar-refractivity contribution in [2.75, 3.05) is 13.2 Å². The van der Waals surface area contributed by atoms with Gasteiger partial charge in [0.25, 0.3) is 11.8 Å². The van der Waals surface area contributed by atoms with E-state index in [0.29, 0.717) is 52.9 Å². The van der Waals surface area contributed by atoms with Crippen LogP contribution in [0, 0.1) is 39.9 Å². The van der Waals surface area contributed by atoms with E-state index in [-0.39, 0.29) is 35.5 Å². The lowest BCUT2D eigenvalue weighted by atomic mass is 9.44. The van der Waals surface area contributed by atoms with Crippen LogP contribution in [0.3, 0.4) is 0 Å². The second-order valence-electron chi connectivity index (χ2n) is 18.1. The average Bonchev–Trinajstić information content (AvgIpc) is 3.74. The Morgan fingerprint density at radius 3 is 2.31 bits per heavy atom. The molecule has 2 heterocycles. The molecule has 0 bridgehead atoms. The first-order valence-corrected chi connectivity index (χ1v) is 22.0. The summed E-state index contributed by atoms with van der Waals surface area (Å²) in [6.07, 6.45) is 15.2. The van der Waals surface area contributed by atoms with Crippen LogP contribution in [0.5, 0.6) is 0 Å². The molecule has 5 aliphatic rings. The van der Waals surface area contributed by atoms with E-state index in [1.165, 1.54) is 30.6 Å². The number of imide groups is 1. The number of hydrogen-bond acceptors (Lipinski definition) is 6. The fraction of sp³-hybridized carbons (Fsp3) is 0.707. The molecule has 1 aromatic heterocycles. The van der Waals surface area contributed by atoms with Gasteiger partial charge in [-0.3, -0.25) is 14.5 Å². The van der Waals surface area contributed by atoms with Crippen molar-refractivity contribution < 1.29 is 27.9 Å². The molecular weight excluding hydrogens is 631 g/mol. The van der Waals surface area contributed by atoms with Crippen molar-refractivity contribution >= 4 is 20.9 Å². The summed E-state index contributed by atoms with van der Waals surface area (Å²) in [5, 5.41) is 0. The molecule has 8 heteroatoms. The van der Waals surface area contributed by atoms with E-state index >= 15 is 0 Å². The maximum Gasteiger partial charge on any atom is 0.261 e. The van der Waals surface area contributed by atoms with Gasteiger partial charge in [-0.05, 0) is 124 Å². The minimum Gasteiger partial charge on any atom is -0.472 e. The third-order valence-electron chi connectivity index (χ3n) is 13.8. The van der Waals surface area contributed by atoms with Gasteiger partial charge in [0.05, 0.1) is 42.9 Å². The molecule has 2 aromatic rings. The molecular formula is C41H59NO6Si. The molecule has 1 unspecified atom stereocenters. The van der Waals surface area contributed by atoms with Crippen LogP contribution in [0.25, 0.3) is 0 Å². The SMILES string of the molecule is C[SiH](C)OC(CC(C)(C)C)O[C@H]1CC[C@@]2(C)[C@H](CC[C@@H]3[C@@H]2CC[C@@]2(C)[C@H]3CC[C@@]2(OCCN2C(=O)c3ccccc3C2=O)c2ccoc2)C1. The quantitative estimate of drug-likeness (QED) is 0.141. The third kappa shape index (κ3) is 6.10. The van der Waals surface area contributed by atoms with Gasteiger partial charge in [-0.25, -0.2) is 0 Å². The standard InChI is InChI=1S/C41H59NO6Si/c1-38(2,3)25-35(48-49(6)7)47-29-14-18-39(4)27(24-29)12-13-32-33(39)15-19-40(5)34(32)16-20-41(40,28-17-22-45-26-28)46-23-21-42-36(43)30-10-8-9-11-31(30)37(42)44/h8-11,17,22,26-27,29,32-35,49H,12-16,18-21,23-25H2,1-7H3/t27-,29+,32-,33+,34+,35?,39+,40+,41-/m1/s1. The largest absolute Gasteiger partial charge is 0.472 e. The normalized spacial score (nSPS) is 36.4. The highest BCUT2D eigenvalue weighted by molar-refractivity contribution is 6.48. The topological polar surface area (TPSA) is 78.2 Å². The minimum absolute atomic E-state index is 0.0538. The van der Waals surface area contributed by atoms with E-state index in [4.69, 9.17) is 18.3 Å².